The van der Waals surface area contributed by atoms with Gasteiger partial charge in [0.05, 0.1) is 27.9 Å². The first kappa shape index (κ1) is 20.0. The van der Waals surface area contributed by atoms with Gasteiger partial charge in [0.2, 0.25) is 5.91 Å². The van der Waals surface area contributed by atoms with E-state index in [1.165, 1.54) is 0 Å². The Balaban J connectivity index is 1.28. The van der Waals surface area contributed by atoms with Crippen molar-refractivity contribution in [3.63, 3.8) is 0 Å². The second-order valence-corrected chi connectivity index (χ2v) is 7.70. The topological polar surface area (TPSA) is 83.8 Å². The number of aryl methyl sites for hydroxylation is 1. The van der Waals surface area contributed by atoms with Crippen LogP contribution in [0.1, 0.15) is 12.3 Å². The molecule has 0 atom stereocenters. The Labute approximate surface area is 189 Å². The lowest BCUT2D eigenvalue weighted by atomic mass is 10.1. The Morgan fingerprint density at radius 2 is 1.72 bits per heavy atom. The number of carbonyl (C=O) groups is 1. The minimum atomic E-state index is -0.133. The van der Waals surface area contributed by atoms with Crippen LogP contribution in [0.2, 0.25) is 5.02 Å². The van der Waals surface area contributed by atoms with E-state index >= 15 is 0 Å². The number of carbonyl (C=O) groups excluding carboxylic acids is 1. The third kappa shape index (κ3) is 4.13. The maximum Gasteiger partial charge on any atom is 0.224 e. The number of rotatable bonds is 6. The van der Waals surface area contributed by atoms with Crippen LogP contribution in [-0.4, -0.2) is 20.9 Å². The lowest BCUT2D eigenvalue weighted by molar-refractivity contribution is -0.116. The molecule has 0 saturated carbocycles. The van der Waals surface area contributed by atoms with Crippen LogP contribution in [0.25, 0.3) is 33.7 Å². The number of benzene rings is 3. The molecule has 0 aliphatic heterocycles. The number of aromatic amines is 1. The molecule has 2 aromatic heterocycles. The Morgan fingerprint density at radius 1 is 0.969 bits per heavy atom. The van der Waals surface area contributed by atoms with Crippen LogP contribution < -0.4 is 5.32 Å². The zero-order valence-electron chi connectivity index (χ0n) is 17.0. The smallest absolute Gasteiger partial charge is 0.224 e. The summed E-state index contributed by atoms with van der Waals surface area (Å²) in [6.07, 6.45) is 2.24. The van der Waals surface area contributed by atoms with Gasteiger partial charge >= 0.3 is 0 Å². The van der Waals surface area contributed by atoms with Gasteiger partial charge in [-0.25, -0.2) is 9.97 Å². The normalized spacial score (nSPS) is 11.0. The van der Waals surface area contributed by atoms with Crippen LogP contribution in [-0.2, 0) is 11.2 Å². The summed E-state index contributed by atoms with van der Waals surface area (Å²) < 4.78 is 5.79. The van der Waals surface area contributed by atoms with E-state index in [2.05, 4.69) is 20.3 Å². The highest BCUT2D eigenvalue weighted by molar-refractivity contribution is 6.33. The summed E-state index contributed by atoms with van der Waals surface area (Å²) in [6.45, 7) is 0. The summed E-state index contributed by atoms with van der Waals surface area (Å²) in [4.78, 5) is 24.9. The van der Waals surface area contributed by atoms with Crippen LogP contribution in [0.15, 0.2) is 83.4 Å². The van der Waals surface area contributed by atoms with E-state index in [0.29, 0.717) is 34.6 Å². The lowest BCUT2D eigenvalue weighted by Crippen LogP contribution is -2.13. The minimum Gasteiger partial charge on any atom is -0.441 e. The molecule has 5 aromatic rings. The lowest BCUT2D eigenvalue weighted by Gasteiger charge is -2.09. The first-order valence-electron chi connectivity index (χ1n) is 10.2. The molecule has 158 valence electrons. The average molecular weight is 443 g/mol. The van der Waals surface area contributed by atoms with Crippen LogP contribution in [0.3, 0.4) is 0 Å². The van der Waals surface area contributed by atoms with Crippen molar-refractivity contribution in [1.82, 2.24) is 15.0 Å². The molecule has 6 nitrogen and oxygen atoms in total. The van der Waals surface area contributed by atoms with E-state index in [0.717, 1.165) is 22.2 Å². The van der Waals surface area contributed by atoms with Crippen molar-refractivity contribution in [1.29, 1.82) is 0 Å². The summed E-state index contributed by atoms with van der Waals surface area (Å²) in [6, 6.07) is 22.8. The Hall–Kier alpha value is -3.90. The summed E-state index contributed by atoms with van der Waals surface area (Å²) in [5, 5.41) is 3.57. The van der Waals surface area contributed by atoms with Gasteiger partial charge in [0.25, 0.3) is 0 Å². The molecule has 0 saturated heterocycles. The molecule has 0 bridgehead atoms. The summed E-state index contributed by atoms with van der Waals surface area (Å²) >= 11 is 6.22. The van der Waals surface area contributed by atoms with E-state index in [1.807, 2.05) is 66.7 Å². The molecule has 0 aliphatic rings. The quantitative estimate of drug-likeness (QED) is 0.332. The van der Waals surface area contributed by atoms with E-state index < -0.39 is 0 Å². The number of nitrogens with one attached hydrogen (secondary N) is 2. The molecule has 0 aliphatic carbocycles. The fraction of sp³-hybridized carbons (Fsp3) is 0.0800. The maximum absolute atomic E-state index is 12.6. The third-order valence-corrected chi connectivity index (χ3v) is 5.43. The van der Waals surface area contributed by atoms with Gasteiger partial charge in [0.1, 0.15) is 5.82 Å². The molecule has 0 fully saturated rings. The number of amides is 1. The van der Waals surface area contributed by atoms with Gasteiger partial charge in [0.15, 0.2) is 11.7 Å². The summed E-state index contributed by atoms with van der Waals surface area (Å²) in [5.74, 6) is 1.65. The van der Waals surface area contributed by atoms with Crippen LogP contribution in [0.5, 0.6) is 0 Å². The molecular weight excluding hydrogens is 424 g/mol. The fourth-order valence-electron chi connectivity index (χ4n) is 3.52. The van der Waals surface area contributed by atoms with E-state index in [-0.39, 0.29) is 12.3 Å². The SMILES string of the molecule is O=C(CCc1ncc(-c2ccccc2Cl)o1)Nc1ccccc1-c1nc2ccccc2[nH]1. The van der Waals surface area contributed by atoms with Crippen LogP contribution in [0, 0.1) is 0 Å². The van der Waals surface area contributed by atoms with Crippen molar-refractivity contribution < 1.29 is 9.21 Å². The molecule has 2 heterocycles. The number of hydrogen-bond donors (Lipinski definition) is 2. The van der Waals surface area contributed by atoms with Gasteiger partial charge in [-0.15, -0.1) is 0 Å². The number of anilines is 1. The molecule has 1 amide bonds. The zero-order chi connectivity index (χ0) is 21.9. The van der Waals surface area contributed by atoms with Crippen molar-refractivity contribution in [3.05, 3.63) is 89.9 Å². The van der Waals surface area contributed by atoms with Crippen molar-refractivity contribution >= 4 is 34.2 Å². The van der Waals surface area contributed by atoms with Crippen LogP contribution >= 0.6 is 11.6 Å². The minimum absolute atomic E-state index is 0.133. The molecule has 7 heteroatoms. The molecular formula is C25H19ClN4O2. The third-order valence-electron chi connectivity index (χ3n) is 5.10. The molecule has 5 rings (SSSR count). The van der Waals surface area contributed by atoms with E-state index in [9.17, 15) is 4.79 Å². The summed E-state index contributed by atoms with van der Waals surface area (Å²) in [7, 11) is 0. The Bertz CT molecular complexity index is 1370. The highest BCUT2D eigenvalue weighted by atomic mass is 35.5. The molecule has 3 aromatic carbocycles. The second-order valence-electron chi connectivity index (χ2n) is 7.29. The monoisotopic (exact) mass is 442 g/mol. The molecule has 0 spiro atoms. The van der Waals surface area contributed by atoms with Crippen molar-refractivity contribution in [2.45, 2.75) is 12.8 Å². The van der Waals surface area contributed by atoms with Gasteiger partial charge in [-0.3, -0.25) is 4.79 Å². The number of aromatic nitrogens is 3. The molecule has 32 heavy (non-hydrogen) atoms. The average Bonchev–Trinajstić information content (AvgIpc) is 3.45. The van der Waals surface area contributed by atoms with Gasteiger partial charge in [-0.2, -0.15) is 0 Å². The van der Waals surface area contributed by atoms with Gasteiger partial charge in [-0.1, -0.05) is 48.0 Å². The fourth-order valence-corrected chi connectivity index (χ4v) is 3.75. The van der Waals surface area contributed by atoms with Crippen molar-refractivity contribution in [2.75, 3.05) is 5.32 Å². The molecule has 2 N–H and O–H groups in total. The number of imidazole rings is 1. The first-order chi connectivity index (χ1) is 15.7. The zero-order valence-corrected chi connectivity index (χ0v) is 17.8. The van der Waals surface area contributed by atoms with E-state index in [4.69, 9.17) is 16.0 Å². The van der Waals surface area contributed by atoms with Gasteiger partial charge < -0.3 is 14.7 Å². The first-order valence-corrected chi connectivity index (χ1v) is 10.6. The predicted molar refractivity (Wildman–Crippen MR) is 125 cm³/mol. The largest absolute Gasteiger partial charge is 0.441 e. The number of oxazole rings is 1. The number of hydrogen-bond acceptors (Lipinski definition) is 4. The Morgan fingerprint density at radius 3 is 2.56 bits per heavy atom. The number of fused-ring (bicyclic) bond motifs is 1. The van der Waals surface area contributed by atoms with Crippen molar-refractivity contribution in [3.8, 4) is 22.7 Å². The Kier molecular flexibility index (Phi) is 5.44. The maximum atomic E-state index is 12.6. The molecule has 0 radical (unpaired) electrons. The standard InChI is InChI=1S/C25H19ClN4O2/c26-18-9-3-1-7-16(18)22-15-27-24(32-22)14-13-23(31)28-19-10-4-2-8-17(19)25-29-20-11-5-6-12-21(20)30-25/h1-12,15H,13-14H2,(H,28,31)(H,29,30). The predicted octanol–water partition coefficient (Wildman–Crippen LogP) is 6.11. The molecule has 0 unspecified atom stereocenters. The van der Waals surface area contributed by atoms with Crippen LogP contribution in [0.4, 0.5) is 5.69 Å². The number of nitrogens with zero attached hydrogens (tertiary/aromatic N) is 2. The van der Waals surface area contributed by atoms with Gasteiger partial charge in [-0.05, 0) is 36.4 Å². The summed E-state index contributed by atoms with van der Waals surface area (Å²) in [5.41, 5.74) is 4.12. The number of halogens is 1. The second kappa shape index (κ2) is 8.69. The van der Waals surface area contributed by atoms with E-state index in [1.54, 1.807) is 12.3 Å². The highest BCUT2D eigenvalue weighted by Crippen LogP contribution is 2.29. The number of H-pyrrole nitrogens is 1. The van der Waals surface area contributed by atoms with Crippen molar-refractivity contribution in [2.24, 2.45) is 0 Å². The number of para-hydroxylation sites is 3. The van der Waals surface area contributed by atoms with Gasteiger partial charge in [0, 0.05) is 24.0 Å². The highest BCUT2D eigenvalue weighted by Gasteiger charge is 2.14.